The van der Waals surface area contributed by atoms with Gasteiger partial charge in [0.25, 0.3) is 0 Å². The third-order valence-electron chi connectivity index (χ3n) is 2.67. The van der Waals surface area contributed by atoms with Crippen molar-refractivity contribution in [2.45, 2.75) is 25.4 Å². The van der Waals surface area contributed by atoms with Gasteiger partial charge in [-0.15, -0.1) is 0 Å². The van der Waals surface area contributed by atoms with Gasteiger partial charge in [-0.3, -0.25) is 0 Å². The van der Waals surface area contributed by atoms with E-state index in [0.717, 1.165) is 5.56 Å². The maximum Gasteiger partial charge on any atom is 0.221 e. The summed E-state index contributed by atoms with van der Waals surface area (Å²) < 4.78 is 10.2. The summed E-state index contributed by atoms with van der Waals surface area (Å²) in [6.07, 6.45) is 2.34. The number of nitrogens with two attached hydrogens (primary N) is 1. The summed E-state index contributed by atoms with van der Waals surface area (Å²) in [5.41, 5.74) is 6.64. The summed E-state index contributed by atoms with van der Waals surface area (Å²) >= 11 is 0. The van der Waals surface area contributed by atoms with Crippen LogP contribution in [0.15, 0.2) is 17.1 Å². The van der Waals surface area contributed by atoms with E-state index in [2.05, 4.69) is 15.3 Å². The molecule has 1 aromatic heterocycles. The third-order valence-corrected chi connectivity index (χ3v) is 2.67. The molecule has 3 N–H and O–H groups in total. The van der Waals surface area contributed by atoms with Crippen LogP contribution in [0.2, 0.25) is 0 Å². The second-order valence-corrected chi connectivity index (χ2v) is 4.14. The lowest BCUT2D eigenvalue weighted by atomic mass is 10.2. The predicted molar refractivity (Wildman–Crippen MR) is 68.8 cm³/mol. The molecule has 1 aliphatic carbocycles. The van der Waals surface area contributed by atoms with Gasteiger partial charge >= 0.3 is 0 Å². The van der Waals surface area contributed by atoms with E-state index in [1.165, 1.54) is 12.8 Å². The van der Waals surface area contributed by atoms with E-state index in [-0.39, 0.29) is 0 Å². The monoisotopic (exact) mass is 250 g/mol. The highest BCUT2D eigenvalue weighted by Gasteiger charge is 2.21. The molecule has 1 aliphatic rings. The number of nitrogens with one attached hydrogen (secondary N) is 1. The van der Waals surface area contributed by atoms with Crippen LogP contribution in [0.5, 0.6) is 11.8 Å². The molecule has 0 bridgehead atoms. The first-order valence-corrected chi connectivity index (χ1v) is 5.87. The standard InChI is InChI=1S/C12H18N4O2/c1-17-10-6-3-8(11(16-10)18-2)7-14-12(13)15-9-4-5-9/h3,6,9H,4-5,7H2,1-2H3,(H3,13,14,15). The summed E-state index contributed by atoms with van der Waals surface area (Å²) in [4.78, 5) is 8.45. The fourth-order valence-electron chi connectivity index (χ4n) is 1.52. The van der Waals surface area contributed by atoms with E-state index in [1.54, 1.807) is 20.3 Å². The fourth-order valence-corrected chi connectivity index (χ4v) is 1.52. The first-order chi connectivity index (χ1) is 8.72. The Bertz CT molecular complexity index is 444. The van der Waals surface area contributed by atoms with Gasteiger partial charge in [0, 0.05) is 17.7 Å². The Kier molecular flexibility index (Phi) is 3.86. The number of hydrogen-bond acceptors (Lipinski definition) is 4. The van der Waals surface area contributed by atoms with Crippen molar-refractivity contribution in [1.29, 1.82) is 0 Å². The molecule has 98 valence electrons. The average molecular weight is 250 g/mol. The zero-order valence-corrected chi connectivity index (χ0v) is 10.6. The van der Waals surface area contributed by atoms with Gasteiger partial charge in [0.1, 0.15) is 0 Å². The van der Waals surface area contributed by atoms with Crippen molar-refractivity contribution in [2.24, 2.45) is 10.7 Å². The molecule has 1 aromatic rings. The largest absolute Gasteiger partial charge is 0.481 e. The molecule has 0 radical (unpaired) electrons. The Morgan fingerprint density at radius 3 is 2.83 bits per heavy atom. The number of guanidine groups is 1. The van der Waals surface area contributed by atoms with Crippen LogP contribution < -0.4 is 20.5 Å². The average Bonchev–Trinajstić information content (AvgIpc) is 3.20. The van der Waals surface area contributed by atoms with Gasteiger partial charge in [0.2, 0.25) is 11.8 Å². The Balaban J connectivity index is 2.02. The SMILES string of the molecule is COc1ccc(CN=C(N)NC2CC2)c(OC)n1. The molecular weight excluding hydrogens is 232 g/mol. The van der Waals surface area contributed by atoms with E-state index >= 15 is 0 Å². The summed E-state index contributed by atoms with van der Waals surface area (Å²) in [5.74, 6) is 1.50. The molecule has 0 aliphatic heterocycles. The van der Waals surface area contributed by atoms with Crippen molar-refractivity contribution in [3.05, 3.63) is 17.7 Å². The van der Waals surface area contributed by atoms with Crippen LogP contribution >= 0.6 is 0 Å². The Morgan fingerprint density at radius 2 is 2.22 bits per heavy atom. The predicted octanol–water partition coefficient (Wildman–Crippen LogP) is 0.665. The van der Waals surface area contributed by atoms with E-state index in [1.807, 2.05) is 6.07 Å². The van der Waals surface area contributed by atoms with Crippen LogP contribution in [0.3, 0.4) is 0 Å². The zero-order chi connectivity index (χ0) is 13.0. The quantitative estimate of drug-likeness (QED) is 0.593. The second kappa shape index (κ2) is 5.57. The molecule has 0 atom stereocenters. The number of ether oxygens (including phenoxy) is 2. The molecule has 0 saturated heterocycles. The number of pyridine rings is 1. The number of hydrogen-bond donors (Lipinski definition) is 2. The van der Waals surface area contributed by atoms with E-state index in [4.69, 9.17) is 15.2 Å². The Morgan fingerprint density at radius 1 is 1.44 bits per heavy atom. The number of methoxy groups -OCH3 is 2. The lowest BCUT2D eigenvalue weighted by Crippen LogP contribution is -2.33. The van der Waals surface area contributed by atoms with Gasteiger partial charge in [-0.2, -0.15) is 4.98 Å². The number of rotatable bonds is 5. The Hall–Kier alpha value is -1.98. The highest BCUT2D eigenvalue weighted by atomic mass is 16.5. The highest BCUT2D eigenvalue weighted by molar-refractivity contribution is 5.78. The van der Waals surface area contributed by atoms with Gasteiger partial charge in [-0.05, 0) is 18.9 Å². The van der Waals surface area contributed by atoms with Crippen LogP contribution in [0.1, 0.15) is 18.4 Å². The molecule has 6 nitrogen and oxygen atoms in total. The van der Waals surface area contributed by atoms with Crippen LogP contribution in [0, 0.1) is 0 Å². The minimum absolute atomic E-state index is 0.436. The molecule has 2 rings (SSSR count). The number of aromatic nitrogens is 1. The second-order valence-electron chi connectivity index (χ2n) is 4.14. The Labute approximate surface area is 106 Å². The molecule has 0 aromatic carbocycles. The maximum atomic E-state index is 5.76. The summed E-state index contributed by atoms with van der Waals surface area (Å²) in [5, 5.41) is 3.13. The third kappa shape index (κ3) is 3.26. The molecule has 18 heavy (non-hydrogen) atoms. The molecule has 1 saturated carbocycles. The van der Waals surface area contributed by atoms with Crippen LogP contribution in [0.25, 0.3) is 0 Å². The highest BCUT2D eigenvalue weighted by Crippen LogP contribution is 2.21. The van der Waals surface area contributed by atoms with Gasteiger partial charge in [-0.1, -0.05) is 0 Å². The van der Waals surface area contributed by atoms with E-state index in [9.17, 15) is 0 Å². The van der Waals surface area contributed by atoms with Crippen LogP contribution in [-0.2, 0) is 6.54 Å². The molecule has 0 unspecified atom stereocenters. The molecule has 0 amide bonds. The lowest BCUT2D eigenvalue weighted by molar-refractivity contribution is 0.361. The van der Waals surface area contributed by atoms with Crippen LogP contribution in [0.4, 0.5) is 0 Å². The normalized spacial score (nSPS) is 15.3. The summed E-state index contributed by atoms with van der Waals surface area (Å²) in [6.45, 7) is 0.436. The number of nitrogens with zero attached hydrogens (tertiary/aromatic N) is 2. The lowest BCUT2D eigenvalue weighted by Gasteiger charge is -2.08. The molecule has 0 spiro atoms. The zero-order valence-electron chi connectivity index (χ0n) is 10.6. The van der Waals surface area contributed by atoms with Gasteiger partial charge in [0.05, 0.1) is 20.8 Å². The smallest absolute Gasteiger partial charge is 0.221 e. The minimum atomic E-state index is 0.436. The first-order valence-electron chi connectivity index (χ1n) is 5.87. The fraction of sp³-hybridized carbons (Fsp3) is 0.500. The summed E-state index contributed by atoms with van der Waals surface area (Å²) in [7, 11) is 3.14. The van der Waals surface area contributed by atoms with Crippen molar-refractivity contribution < 1.29 is 9.47 Å². The topological polar surface area (TPSA) is 81.8 Å². The van der Waals surface area contributed by atoms with Crippen molar-refractivity contribution >= 4 is 5.96 Å². The van der Waals surface area contributed by atoms with E-state index in [0.29, 0.717) is 30.3 Å². The molecule has 6 heteroatoms. The van der Waals surface area contributed by atoms with E-state index < -0.39 is 0 Å². The summed E-state index contributed by atoms with van der Waals surface area (Å²) in [6, 6.07) is 4.15. The van der Waals surface area contributed by atoms with Gasteiger partial charge in [0.15, 0.2) is 5.96 Å². The molecule has 1 heterocycles. The minimum Gasteiger partial charge on any atom is -0.481 e. The van der Waals surface area contributed by atoms with Crippen molar-refractivity contribution in [3.8, 4) is 11.8 Å². The van der Waals surface area contributed by atoms with Crippen molar-refractivity contribution in [3.63, 3.8) is 0 Å². The van der Waals surface area contributed by atoms with Crippen molar-refractivity contribution in [2.75, 3.05) is 14.2 Å². The number of aliphatic imine (C=N–C) groups is 1. The van der Waals surface area contributed by atoms with Gasteiger partial charge in [-0.25, -0.2) is 4.99 Å². The molecule has 1 fully saturated rings. The first kappa shape index (κ1) is 12.5. The maximum absolute atomic E-state index is 5.76. The van der Waals surface area contributed by atoms with Crippen molar-refractivity contribution in [1.82, 2.24) is 10.3 Å². The van der Waals surface area contributed by atoms with Gasteiger partial charge < -0.3 is 20.5 Å². The molecular formula is C12H18N4O2. The van der Waals surface area contributed by atoms with Crippen LogP contribution in [-0.4, -0.2) is 31.2 Å².